The summed E-state index contributed by atoms with van der Waals surface area (Å²) in [5.74, 6) is -0.144. The molecule has 29 heavy (non-hydrogen) atoms. The molecule has 0 saturated heterocycles. The van der Waals surface area contributed by atoms with Crippen LogP contribution in [0.3, 0.4) is 0 Å². The van der Waals surface area contributed by atoms with Gasteiger partial charge in [0.2, 0.25) is 11.8 Å². The first-order chi connectivity index (χ1) is 13.9. The van der Waals surface area contributed by atoms with Crippen molar-refractivity contribution < 1.29 is 18.7 Å². The Morgan fingerprint density at radius 3 is 2.48 bits per heavy atom. The van der Waals surface area contributed by atoms with E-state index in [-0.39, 0.29) is 25.4 Å². The molecular formula is C22H23N3O4. The predicted molar refractivity (Wildman–Crippen MR) is 108 cm³/mol. The van der Waals surface area contributed by atoms with E-state index in [4.69, 9.17) is 9.15 Å². The van der Waals surface area contributed by atoms with Crippen molar-refractivity contribution in [3.8, 4) is 11.5 Å². The molecule has 3 aromatic rings. The predicted octanol–water partition coefficient (Wildman–Crippen LogP) is 3.78. The average molecular weight is 393 g/mol. The number of aryl methyl sites for hydroxylation is 4. The van der Waals surface area contributed by atoms with Crippen LogP contribution in [0.4, 0.5) is 5.69 Å². The summed E-state index contributed by atoms with van der Waals surface area (Å²) in [4.78, 5) is 23.8. The molecule has 1 heterocycles. The quantitative estimate of drug-likeness (QED) is 0.614. The third-order valence-electron chi connectivity index (χ3n) is 4.46. The van der Waals surface area contributed by atoms with Gasteiger partial charge >= 0.3 is 5.97 Å². The number of ether oxygens (including phenoxy) is 1. The highest BCUT2D eigenvalue weighted by Crippen LogP contribution is 2.19. The average Bonchev–Trinajstić information content (AvgIpc) is 3.17. The van der Waals surface area contributed by atoms with E-state index < -0.39 is 5.97 Å². The number of carbonyl (C=O) groups excluding carboxylic acids is 2. The van der Waals surface area contributed by atoms with Gasteiger partial charge in [-0.2, -0.15) is 0 Å². The summed E-state index contributed by atoms with van der Waals surface area (Å²) in [5, 5.41) is 10.7. The van der Waals surface area contributed by atoms with E-state index in [2.05, 4.69) is 15.5 Å². The molecule has 150 valence electrons. The number of nitrogens with one attached hydrogen (secondary N) is 1. The molecule has 0 saturated carbocycles. The lowest BCUT2D eigenvalue weighted by Crippen LogP contribution is -2.21. The van der Waals surface area contributed by atoms with Crippen molar-refractivity contribution in [2.45, 2.75) is 33.6 Å². The zero-order valence-electron chi connectivity index (χ0n) is 16.7. The number of amides is 1. The third kappa shape index (κ3) is 5.75. The first-order valence-electron chi connectivity index (χ1n) is 9.33. The number of anilines is 1. The van der Waals surface area contributed by atoms with Crippen LogP contribution in [-0.4, -0.2) is 28.7 Å². The minimum absolute atomic E-state index is 0.0481. The van der Waals surface area contributed by atoms with E-state index in [0.29, 0.717) is 17.5 Å². The third-order valence-corrected chi connectivity index (χ3v) is 4.46. The molecule has 7 heteroatoms. The smallest absolute Gasteiger partial charge is 0.306 e. The zero-order valence-corrected chi connectivity index (χ0v) is 16.7. The molecule has 0 bridgehead atoms. The minimum atomic E-state index is -0.504. The van der Waals surface area contributed by atoms with E-state index in [1.807, 2.05) is 63.2 Å². The maximum atomic E-state index is 11.9. The lowest BCUT2D eigenvalue weighted by molar-refractivity contribution is -0.147. The maximum Gasteiger partial charge on any atom is 0.306 e. The number of aromatic nitrogens is 2. The van der Waals surface area contributed by atoms with Crippen LogP contribution in [0, 0.1) is 20.8 Å². The van der Waals surface area contributed by atoms with Crippen molar-refractivity contribution in [2.75, 3.05) is 11.9 Å². The summed E-state index contributed by atoms with van der Waals surface area (Å²) in [7, 11) is 0. The molecule has 0 aliphatic heterocycles. The maximum absolute atomic E-state index is 11.9. The SMILES string of the molecule is Cc1ccc(-c2nnc(CCC(=O)OCC(=O)Nc3ccc(C)c(C)c3)o2)cc1. The molecule has 1 aromatic heterocycles. The van der Waals surface area contributed by atoms with Gasteiger partial charge in [0.25, 0.3) is 5.91 Å². The number of carbonyl (C=O) groups is 2. The Hall–Kier alpha value is -3.48. The van der Waals surface area contributed by atoms with Crippen LogP contribution in [0.15, 0.2) is 46.9 Å². The fraction of sp³-hybridized carbons (Fsp3) is 0.273. The van der Waals surface area contributed by atoms with E-state index >= 15 is 0 Å². The molecule has 0 fully saturated rings. The second kappa shape index (κ2) is 9.14. The molecule has 1 amide bonds. The molecular weight excluding hydrogens is 370 g/mol. The van der Waals surface area contributed by atoms with Gasteiger partial charge in [0, 0.05) is 17.7 Å². The van der Waals surface area contributed by atoms with Gasteiger partial charge in [0.1, 0.15) is 0 Å². The lowest BCUT2D eigenvalue weighted by Gasteiger charge is -2.08. The van der Waals surface area contributed by atoms with Crippen molar-refractivity contribution >= 4 is 17.6 Å². The van der Waals surface area contributed by atoms with Gasteiger partial charge in [-0.3, -0.25) is 9.59 Å². The summed E-state index contributed by atoms with van der Waals surface area (Å²) >= 11 is 0. The Morgan fingerprint density at radius 1 is 1.00 bits per heavy atom. The molecule has 2 aromatic carbocycles. The van der Waals surface area contributed by atoms with Crippen molar-refractivity contribution in [1.29, 1.82) is 0 Å². The normalized spacial score (nSPS) is 10.6. The van der Waals surface area contributed by atoms with Gasteiger partial charge in [-0.15, -0.1) is 10.2 Å². The van der Waals surface area contributed by atoms with Crippen LogP contribution in [0.1, 0.15) is 29.0 Å². The van der Waals surface area contributed by atoms with E-state index in [9.17, 15) is 9.59 Å². The van der Waals surface area contributed by atoms with Crippen LogP contribution < -0.4 is 5.32 Å². The Morgan fingerprint density at radius 2 is 1.76 bits per heavy atom. The molecule has 7 nitrogen and oxygen atoms in total. The monoisotopic (exact) mass is 393 g/mol. The number of nitrogens with zero attached hydrogens (tertiary/aromatic N) is 2. The molecule has 0 atom stereocenters. The largest absolute Gasteiger partial charge is 0.456 e. The summed E-state index contributed by atoms with van der Waals surface area (Å²) in [6, 6.07) is 13.3. The minimum Gasteiger partial charge on any atom is -0.456 e. The summed E-state index contributed by atoms with van der Waals surface area (Å²) in [6.07, 6.45) is 0.295. The van der Waals surface area contributed by atoms with Gasteiger partial charge in [-0.25, -0.2) is 0 Å². The topological polar surface area (TPSA) is 94.3 Å². The van der Waals surface area contributed by atoms with Crippen LogP contribution in [0.5, 0.6) is 0 Å². The van der Waals surface area contributed by atoms with Gasteiger partial charge in [-0.1, -0.05) is 23.8 Å². The molecule has 0 aliphatic rings. The van der Waals surface area contributed by atoms with Gasteiger partial charge in [0.15, 0.2) is 6.61 Å². The molecule has 1 N–H and O–H groups in total. The van der Waals surface area contributed by atoms with Crippen LogP contribution in [0.2, 0.25) is 0 Å². The molecule has 0 radical (unpaired) electrons. The number of rotatable bonds is 7. The van der Waals surface area contributed by atoms with Crippen LogP contribution in [0.25, 0.3) is 11.5 Å². The molecule has 0 unspecified atom stereocenters. The van der Waals surface area contributed by atoms with Gasteiger partial charge in [-0.05, 0) is 56.2 Å². The van der Waals surface area contributed by atoms with E-state index in [1.54, 1.807) is 0 Å². The van der Waals surface area contributed by atoms with Crippen LogP contribution >= 0.6 is 0 Å². The van der Waals surface area contributed by atoms with Crippen molar-refractivity contribution in [3.63, 3.8) is 0 Å². The van der Waals surface area contributed by atoms with Crippen molar-refractivity contribution in [2.24, 2.45) is 0 Å². The Labute approximate surface area is 169 Å². The summed E-state index contributed by atoms with van der Waals surface area (Å²) in [6.45, 7) is 5.61. The van der Waals surface area contributed by atoms with Crippen molar-refractivity contribution in [3.05, 3.63) is 65.0 Å². The van der Waals surface area contributed by atoms with Gasteiger partial charge in [0.05, 0.1) is 6.42 Å². The van der Waals surface area contributed by atoms with E-state index in [0.717, 1.165) is 22.3 Å². The second-order valence-electron chi connectivity index (χ2n) is 6.87. The highest BCUT2D eigenvalue weighted by molar-refractivity contribution is 5.92. The number of benzene rings is 2. The second-order valence-corrected chi connectivity index (χ2v) is 6.87. The number of esters is 1. The summed E-state index contributed by atoms with van der Waals surface area (Å²) < 4.78 is 10.6. The lowest BCUT2D eigenvalue weighted by atomic mass is 10.1. The fourth-order valence-corrected chi connectivity index (χ4v) is 2.61. The fourth-order valence-electron chi connectivity index (χ4n) is 2.61. The highest BCUT2D eigenvalue weighted by atomic mass is 16.5. The molecule has 3 rings (SSSR count). The van der Waals surface area contributed by atoms with Crippen LogP contribution in [-0.2, 0) is 20.7 Å². The summed E-state index contributed by atoms with van der Waals surface area (Å²) in [5.41, 5.74) is 4.84. The van der Waals surface area contributed by atoms with E-state index in [1.165, 1.54) is 0 Å². The first-order valence-corrected chi connectivity index (χ1v) is 9.33. The molecule has 0 aliphatic carbocycles. The zero-order chi connectivity index (χ0) is 20.8. The Kier molecular flexibility index (Phi) is 6.39. The Bertz CT molecular complexity index is 1010. The van der Waals surface area contributed by atoms with Gasteiger partial charge < -0.3 is 14.5 Å². The highest BCUT2D eigenvalue weighted by Gasteiger charge is 2.13. The Balaban J connectivity index is 1.43. The molecule has 0 spiro atoms. The standard InChI is InChI=1S/C22H23N3O4/c1-14-4-7-17(8-5-14)22-25-24-20(29-22)10-11-21(27)28-13-19(26)23-18-9-6-15(2)16(3)12-18/h4-9,12H,10-11,13H2,1-3H3,(H,23,26). The first kappa shape index (κ1) is 20.3. The number of hydrogen-bond acceptors (Lipinski definition) is 6. The number of hydrogen-bond donors (Lipinski definition) is 1. The van der Waals surface area contributed by atoms with Crippen molar-refractivity contribution in [1.82, 2.24) is 10.2 Å².